The summed E-state index contributed by atoms with van der Waals surface area (Å²) in [7, 11) is -3.66. The quantitative estimate of drug-likeness (QED) is 0.462. The Labute approximate surface area is 196 Å². The summed E-state index contributed by atoms with van der Waals surface area (Å²) in [5, 5.41) is 10.4. The monoisotopic (exact) mass is 489 g/mol. The Morgan fingerprint density at radius 3 is 2.59 bits per heavy atom. The number of nitrogens with zero attached hydrogens (tertiary/aromatic N) is 1. The minimum Gasteiger partial charge on any atom is -0.483 e. The lowest BCUT2D eigenvalue weighted by molar-refractivity contribution is -0.122. The van der Waals surface area contributed by atoms with E-state index in [1.54, 1.807) is 6.07 Å². The third kappa shape index (κ3) is 5.22. The van der Waals surface area contributed by atoms with Crippen molar-refractivity contribution in [2.45, 2.75) is 42.3 Å². The van der Waals surface area contributed by atoms with Gasteiger partial charge >= 0.3 is 5.76 Å². The van der Waals surface area contributed by atoms with Gasteiger partial charge in [0.25, 0.3) is 6.47 Å². The molecule has 3 aromatic rings. The zero-order valence-electron chi connectivity index (χ0n) is 18.5. The number of carbonyl (C=O) groups is 1. The number of sulfonamides is 1. The summed E-state index contributed by atoms with van der Waals surface area (Å²) in [6.07, 6.45) is 2.21. The number of oxazole rings is 1. The number of H-pyrrole nitrogens is 1. The summed E-state index contributed by atoms with van der Waals surface area (Å²) in [6, 6.07) is 15.0. The first kappa shape index (κ1) is 24.1. The van der Waals surface area contributed by atoms with Crippen LogP contribution in [0.3, 0.4) is 0 Å². The van der Waals surface area contributed by atoms with Crippen LogP contribution >= 0.6 is 0 Å². The average molecular weight is 490 g/mol. The van der Waals surface area contributed by atoms with Gasteiger partial charge in [0.05, 0.1) is 22.6 Å². The zero-order chi connectivity index (χ0) is 24.2. The molecule has 1 atom stereocenters. The molecule has 0 radical (unpaired) electrons. The van der Waals surface area contributed by atoms with Crippen molar-refractivity contribution >= 4 is 27.6 Å². The first-order valence-corrected chi connectivity index (χ1v) is 12.4. The lowest BCUT2D eigenvalue weighted by atomic mass is 9.88. The summed E-state index contributed by atoms with van der Waals surface area (Å²) in [5.41, 5.74) is 1.69. The highest BCUT2D eigenvalue weighted by Crippen LogP contribution is 2.37. The van der Waals surface area contributed by atoms with E-state index in [2.05, 4.69) is 22.4 Å². The molecule has 2 saturated heterocycles. The minimum absolute atomic E-state index is 0.133. The Balaban J connectivity index is 0.000000868. The second-order valence-corrected chi connectivity index (χ2v) is 10.4. The molecule has 5 rings (SSSR count). The van der Waals surface area contributed by atoms with Crippen LogP contribution in [0.4, 0.5) is 0 Å². The Morgan fingerprint density at radius 2 is 1.88 bits per heavy atom. The fourth-order valence-electron chi connectivity index (χ4n) is 4.55. The number of fused-ring (bicyclic) bond motifs is 1. The lowest BCUT2D eigenvalue weighted by Gasteiger charge is -2.38. The molecule has 182 valence electrons. The molecule has 3 heterocycles. The maximum absolute atomic E-state index is 13.1. The molecule has 0 bridgehead atoms. The number of carboxylic acid groups (broad SMARTS) is 1. The van der Waals surface area contributed by atoms with Crippen molar-refractivity contribution < 1.29 is 27.5 Å². The topological polar surface area (TPSA) is 142 Å². The fraction of sp³-hybridized carbons (Fsp3) is 0.391. The van der Waals surface area contributed by atoms with Crippen LogP contribution in [0.1, 0.15) is 24.8 Å². The van der Waals surface area contributed by atoms with Gasteiger partial charge in [0.1, 0.15) is 0 Å². The third-order valence-corrected chi connectivity index (χ3v) is 8.21. The Bertz CT molecular complexity index is 1280. The second-order valence-electron chi connectivity index (χ2n) is 8.44. The predicted molar refractivity (Wildman–Crippen MR) is 124 cm³/mol. The normalized spacial score (nSPS) is 20.2. The van der Waals surface area contributed by atoms with Gasteiger partial charge in [-0.1, -0.05) is 30.3 Å². The maximum atomic E-state index is 13.1. The molecule has 3 N–H and O–H groups in total. The number of benzene rings is 2. The molecule has 10 nitrogen and oxygen atoms in total. The van der Waals surface area contributed by atoms with Crippen molar-refractivity contribution in [2.75, 3.05) is 19.7 Å². The summed E-state index contributed by atoms with van der Waals surface area (Å²) in [6.45, 7) is 2.00. The molecule has 1 spiro atoms. The predicted octanol–water partition coefficient (Wildman–Crippen LogP) is 1.92. The van der Waals surface area contributed by atoms with Crippen LogP contribution in [0.15, 0.2) is 62.6 Å². The molecule has 0 saturated carbocycles. The van der Waals surface area contributed by atoms with Crippen LogP contribution in [0.5, 0.6) is 0 Å². The fourth-order valence-corrected chi connectivity index (χ4v) is 6.01. The number of nitrogens with one attached hydrogen (secondary N) is 2. The molecule has 0 aliphatic carbocycles. The van der Waals surface area contributed by atoms with Gasteiger partial charge in [-0.2, -0.15) is 4.31 Å². The van der Waals surface area contributed by atoms with E-state index >= 15 is 0 Å². The van der Waals surface area contributed by atoms with Gasteiger partial charge < -0.3 is 19.6 Å². The van der Waals surface area contributed by atoms with Gasteiger partial charge in [-0.3, -0.25) is 9.78 Å². The zero-order valence-corrected chi connectivity index (χ0v) is 19.3. The summed E-state index contributed by atoms with van der Waals surface area (Å²) in [4.78, 5) is 22.4. The number of piperidine rings is 1. The number of rotatable bonds is 5. The van der Waals surface area contributed by atoms with Gasteiger partial charge in [0, 0.05) is 31.7 Å². The van der Waals surface area contributed by atoms with Gasteiger partial charge in [0.2, 0.25) is 10.0 Å². The van der Waals surface area contributed by atoms with E-state index in [9.17, 15) is 13.2 Å². The van der Waals surface area contributed by atoms with Gasteiger partial charge in [-0.25, -0.2) is 13.2 Å². The van der Waals surface area contributed by atoms with E-state index in [4.69, 9.17) is 19.1 Å². The third-order valence-electron chi connectivity index (χ3n) is 6.31. The first-order valence-electron chi connectivity index (χ1n) is 11.0. The van der Waals surface area contributed by atoms with E-state index in [0.717, 1.165) is 13.0 Å². The van der Waals surface area contributed by atoms with E-state index in [0.29, 0.717) is 38.1 Å². The molecule has 0 amide bonds. The molecule has 2 aromatic carbocycles. The van der Waals surface area contributed by atoms with Gasteiger partial charge in [-0.15, -0.1) is 0 Å². The second kappa shape index (κ2) is 10.1. The highest BCUT2D eigenvalue weighted by atomic mass is 32.2. The Hall–Kier alpha value is -2.99. The summed E-state index contributed by atoms with van der Waals surface area (Å²) in [5.74, 6) is -0.599. The standard InChI is InChI=1S/C22H25N3O5S.CH2O2/c26-21-24-19-7-6-18(12-20(19)30-21)31(27,28)25-10-8-22(9-11-25)13-17(15-29-22)23-14-16-4-2-1-3-5-16;2-1-3/h1-7,12,17,23H,8-11,13-15H2,(H,24,26);1H,(H,2,3). The van der Waals surface area contributed by atoms with E-state index < -0.39 is 15.8 Å². The van der Waals surface area contributed by atoms with Crippen molar-refractivity contribution in [1.82, 2.24) is 14.6 Å². The molecule has 2 fully saturated rings. The van der Waals surface area contributed by atoms with Crippen molar-refractivity contribution in [1.29, 1.82) is 0 Å². The molecule has 1 aromatic heterocycles. The van der Waals surface area contributed by atoms with Crippen molar-refractivity contribution in [3.63, 3.8) is 0 Å². The molecule has 1 unspecified atom stereocenters. The SMILES string of the molecule is O=CO.O=c1[nH]c2ccc(S(=O)(=O)N3CCC4(CC3)CC(NCc3ccccc3)CO4)cc2o1. The van der Waals surface area contributed by atoms with E-state index in [1.807, 2.05) is 18.2 Å². The highest BCUT2D eigenvalue weighted by molar-refractivity contribution is 7.89. The minimum atomic E-state index is -3.66. The molecular formula is C23H27N3O7S. The molecule has 2 aliphatic heterocycles. The Kier molecular flexibility index (Phi) is 7.17. The number of hydrogen-bond donors (Lipinski definition) is 3. The van der Waals surface area contributed by atoms with E-state index in [1.165, 1.54) is 22.0 Å². The Morgan fingerprint density at radius 1 is 1.18 bits per heavy atom. The van der Waals surface area contributed by atoms with Gasteiger partial charge in [0.15, 0.2) is 5.58 Å². The number of aromatic nitrogens is 1. The van der Waals surface area contributed by atoms with Crippen LogP contribution in [-0.2, 0) is 26.1 Å². The smallest absolute Gasteiger partial charge is 0.417 e. The van der Waals surface area contributed by atoms with Crippen LogP contribution in [-0.4, -0.2) is 60.6 Å². The number of ether oxygens (including phenoxy) is 1. The first-order chi connectivity index (χ1) is 16.3. The largest absolute Gasteiger partial charge is 0.483 e. The highest BCUT2D eigenvalue weighted by Gasteiger charge is 2.44. The van der Waals surface area contributed by atoms with Crippen LogP contribution in [0, 0.1) is 0 Å². The lowest BCUT2D eigenvalue weighted by Crippen LogP contribution is -2.46. The summed E-state index contributed by atoms with van der Waals surface area (Å²) >= 11 is 0. The maximum Gasteiger partial charge on any atom is 0.417 e. The van der Waals surface area contributed by atoms with Crippen molar-refractivity contribution in [3.05, 3.63) is 64.6 Å². The van der Waals surface area contributed by atoms with Crippen molar-refractivity contribution in [3.8, 4) is 0 Å². The van der Waals surface area contributed by atoms with E-state index in [-0.39, 0.29) is 28.6 Å². The molecule has 34 heavy (non-hydrogen) atoms. The van der Waals surface area contributed by atoms with Gasteiger partial charge in [-0.05, 0) is 37.0 Å². The molecule has 11 heteroatoms. The van der Waals surface area contributed by atoms with Crippen LogP contribution in [0.2, 0.25) is 0 Å². The van der Waals surface area contributed by atoms with Crippen LogP contribution in [0.25, 0.3) is 11.1 Å². The molecular weight excluding hydrogens is 462 g/mol. The van der Waals surface area contributed by atoms with Crippen molar-refractivity contribution in [2.24, 2.45) is 0 Å². The summed E-state index contributed by atoms with van der Waals surface area (Å²) < 4.78 is 38.9. The number of hydrogen-bond acceptors (Lipinski definition) is 7. The van der Waals surface area contributed by atoms with Crippen LogP contribution < -0.4 is 11.1 Å². The average Bonchev–Trinajstić information content (AvgIpc) is 3.41. The molecule has 2 aliphatic rings. The number of aromatic amines is 1.